The first kappa shape index (κ1) is 18.7. The monoisotopic (exact) mass is 373 g/mol. The zero-order valence-electron chi connectivity index (χ0n) is 14.4. The third-order valence-corrected chi connectivity index (χ3v) is 3.99. The molecule has 0 atom stereocenters. The number of hydrogen-bond donors (Lipinski definition) is 0. The molecule has 0 saturated carbocycles. The minimum atomic E-state index is -0.649. The van der Waals surface area contributed by atoms with E-state index in [1.54, 1.807) is 6.07 Å². The van der Waals surface area contributed by atoms with Crippen molar-refractivity contribution in [3.05, 3.63) is 71.3 Å². The molecule has 0 N–H and O–H groups in total. The minimum Gasteiger partial charge on any atom is -0.409 e. The summed E-state index contributed by atoms with van der Waals surface area (Å²) in [5.74, 6) is -1.80. The Morgan fingerprint density at radius 2 is 1.81 bits per heavy atom. The lowest BCUT2D eigenvalue weighted by molar-refractivity contribution is 0.0415. The van der Waals surface area contributed by atoms with Gasteiger partial charge in [-0.2, -0.15) is 0 Å². The molecule has 1 aliphatic heterocycles. The van der Waals surface area contributed by atoms with Crippen molar-refractivity contribution in [3.63, 3.8) is 0 Å². The summed E-state index contributed by atoms with van der Waals surface area (Å²) < 4.78 is 37.7. The lowest BCUT2D eigenvalue weighted by Gasteiger charge is -2.26. The lowest BCUT2D eigenvalue weighted by atomic mass is 10.1. The maximum absolute atomic E-state index is 13.7. The molecule has 0 bridgehead atoms. The Kier molecular flexibility index (Phi) is 5.93. The zero-order valence-corrected chi connectivity index (χ0v) is 14.4. The number of carbonyl (C=O) groups is 2. The molecule has 0 aromatic heterocycles. The summed E-state index contributed by atoms with van der Waals surface area (Å²) in [4.78, 5) is 26.1. The number of morpholine rings is 1. The van der Waals surface area contributed by atoms with Gasteiger partial charge in [0.1, 0.15) is 17.4 Å². The van der Waals surface area contributed by atoms with Gasteiger partial charge in [0.15, 0.2) is 5.78 Å². The van der Waals surface area contributed by atoms with Crippen molar-refractivity contribution >= 4 is 18.0 Å². The van der Waals surface area contributed by atoms with Crippen molar-refractivity contribution in [2.24, 2.45) is 0 Å². The molecule has 1 aliphatic rings. The first-order chi connectivity index (χ1) is 13.0. The molecule has 0 radical (unpaired) electrons. The molecule has 3 rings (SSSR count). The van der Waals surface area contributed by atoms with Crippen molar-refractivity contribution < 1.29 is 27.8 Å². The van der Waals surface area contributed by atoms with Gasteiger partial charge in [-0.25, -0.2) is 13.6 Å². The van der Waals surface area contributed by atoms with Crippen LogP contribution in [0.15, 0.2) is 48.5 Å². The van der Waals surface area contributed by atoms with Crippen molar-refractivity contribution in [1.29, 1.82) is 0 Å². The standard InChI is InChI=1S/C20H17F2NO4/c21-15-6-8-19(27-20(25)23-9-11-26-12-10-23)16(13-15)18(24)7-5-14-3-1-2-4-17(14)22/h1-8,13H,9-12H2. The molecule has 2 aromatic rings. The van der Waals surface area contributed by atoms with Gasteiger partial charge in [-0.15, -0.1) is 0 Å². The van der Waals surface area contributed by atoms with Crippen molar-refractivity contribution in [1.82, 2.24) is 4.90 Å². The van der Waals surface area contributed by atoms with Gasteiger partial charge in [-0.3, -0.25) is 4.79 Å². The predicted octanol–water partition coefficient (Wildman–Crippen LogP) is 3.69. The molecule has 7 heteroatoms. The van der Waals surface area contributed by atoms with Crippen molar-refractivity contribution in [2.75, 3.05) is 26.3 Å². The van der Waals surface area contributed by atoms with Crippen LogP contribution in [0.5, 0.6) is 5.75 Å². The Labute approximate surface area is 154 Å². The number of nitrogens with zero attached hydrogens (tertiary/aromatic N) is 1. The number of ether oxygens (including phenoxy) is 2. The minimum absolute atomic E-state index is 0.0592. The zero-order chi connectivity index (χ0) is 19.2. The molecule has 1 heterocycles. The molecule has 0 unspecified atom stereocenters. The highest BCUT2D eigenvalue weighted by molar-refractivity contribution is 6.09. The van der Waals surface area contributed by atoms with E-state index in [9.17, 15) is 18.4 Å². The largest absolute Gasteiger partial charge is 0.415 e. The second-order valence-corrected chi connectivity index (χ2v) is 5.83. The Bertz CT molecular complexity index is 876. The summed E-state index contributed by atoms with van der Waals surface area (Å²) in [5.41, 5.74) is 0.0957. The van der Waals surface area contributed by atoms with E-state index in [4.69, 9.17) is 9.47 Å². The van der Waals surface area contributed by atoms with Crippen LogP contribution in [0, 0.1) is 11.6 Å². The molecule has 1 saturated heterocycles. The van der Waals surface area contributed by atoms with Crippen LogP contribution in [-0.2, 0) is 4.74 Å². The fraction of sp³-hybridized carbons (Fsp3) is 0.200. The first-order valence-corrected chi connectivity index (χ1v) is 8.35. The van der Waals surface area contributed by atoms with Gasteiger partial charge in [-0.1, -0.05) is 18.2 Å². The van der Waals surface area contributed by atoms with Gasteiger partial charge in [0, 0.05) is 18.7 Å². The molecule has 2 aromatic carbocycles. The number of ketones is 1. The van der Waals surface area contributed by atoms with Gasteiger partial charge < -0.3 is 14.4 Å². The smallest absolute Gasteiger partial charge is 0.409 e. The SMILES string of the molecule is O=C(C=Cc1ccccc1F)c1cc(F)ccc1OC(=O)N1CCOCC1. The Balaban J connectivity index is 1.80. The van der Waals surface area contributed by atoms with Gasteiger partial charge in [0.2, 0.25) is 0 Å². The van der Waals surface area contributed by atoms with Crippen LogP contribution in [0.25, 0.3) is 6.08 Å². The maximum atomic E-state index is 13.7. The summed E-state index contributed by atoms with van der Waals surface area (Å²) in [6, 6.07) is 9.23. The van der Waals surface area contributed by atoms with E-state index in [0.717, 1.165) is 18.2 Å². The number of benzene rings is 2. The van der Waals surface area contributed by atoms with E-state index in [1.807, 2.05) is 0 Å². The summed E-state index contributed by atoms with van der Waals surface area (Å²) in [5, 5.41) is 0. The van der Waals surface area contributed by atoms with E-state index < -0.39 is 23.5 Å². The number of halogens is 2. The quantitative estimate of drug-likeness (QED) is 0.606. The normalized spacial score (nSPS) is 14.4. The number of hydrogen-bond acceptors (Lipinski definition) is 4. The highest BCUT2D eigenvalue weighted by Crippen LogP contribution is 2.22. The highest BCUT2D eigenvalue weighted by Gasteiger charge is 2.21. The first-order valence-electron chi connectivity index (χ1n) is 8.35. The molecular weight excluding hydrogens is 356 g/mol. The molecule has 1 fully saturated rings. The van der Waals surface area contributed by atoms with Gasteiger partial charge in [0.05, 0.1) is 18.8 Å². The molecule has 0 spiro atoms. The van der Waals surface area contributed by atoms with Crippen LogP contribution in [0.4, 0.5) is 13.6 Å². The maximum Gasteiger partial charge on any atom is 0.415 e. The van der Waals surface area contributed by atoms with Crippen molar-refractivity contribution in [3.8, 4) is 5.75 Å². The molecule has 5 nitrogen and oxygen atoms in total. The fourth-order valence-corrected chi connectivity index (χ4v) is 2.55. The second-order valence-electron chi connectivity index (χ2n) is 5.83. The summed E-state index contributed by atoms with van der Waals surface area (Å²) in [6.07, 6.45) is 1.76. The number of allylic oxidation sites excluding steroid dienone is 1. The molecule has 27 heavy (non-hydrogen) atoms. The average molecular weight is 373 g/mol. The molecule has 0 aliphatic carbocycles. The number of carbonyl (C=O) groups excluding carboxylic acids is 2. The van der Waals surface area contributed by atoms with Crippen LogP contribution < -0.4 is 4.74 Å². The fourth-order valence-electron chi connectivity index (χ4n) is 2.55. The predicted molar refractivity (Wildman–Crippen MR) is 94.6 cm³/mol. The third kappa shape index (κ3) is 4.77. The van der Waals surface area contributed by atoms with E-state index >= 15 is 0 Å². The van der Waals surface area contributed by atoms with E-state index in [-0.39, 0.29) is 16.9 Å². The van der Waals surface area contributed by atoms with Crippen LogP contribution in [0.2, 0.25) is 0 Å². The number of amides is 1. The Morgan fingerprint density at radius 1 is 1.07 bits per heavy atom. The van der Waals surface area contributed by atoms with E-state index in [0.29, 0.717) is 26.3 Å². The molecular formula is C20H17F2NO4. The molecule has 1 amide bonds. The highest BCUT2D eigenvalue weighted by atomic mass is 19.1. The van der Waals surface area contributed by atoms with Crippen LogP contribution >= 0.6 is 0 Å². The van der Waals surface area contributed by atoms with Crippen LogP contribution in [0.3, 0.4) is 0 Å². The summed E-state index contributed by atoms with van der Waals surface area (Å²) in [7, 11) is 0. The third-order valence-electron chi connectivity index (χ3n) is 3.99. The lowest BCUT2D eigenvalue weighted by Crippen LogP contribution is -2.42. The second kappa shape index (κ2) is 8.55. The molecule has 140 valence electrons. The Hall–Kier alpha value is -3.06. The van der Waals surface area contributed by atoms with Gasteiger partial charge >= 0.3 is 6.09 Å². The van der Waals surface area contributed by atoms with Gasteiger partial charge in [0.25, 0.3) is 0 Å². The van der Waals surface area contributed by atoms with Crippen LogP contribution in [0.1, 0.15) is 15.9 Å². The van der Waals surface area contributed by atoms with E-state index in [2.05, 4.69) is 0 Å². The Morgan fingerprint density at radius 3 is 2.56 bits per heavy atom. The van der Waals surface area contributed by atoms with Crippen molar-refractivity contribution in [2.45, 2.75) is 0 Å². The number of rotatable bonds is 4. The topological polar surface area (TPSA) is 55.8 Å². The summed E-state index contributed by atoms with van der Waals surface area (Å²) >= 11 is 0. The summed E-state index contributed by atoms with van der Waals surface area (Å²) in [6.45, 7) is 1.54. The van der Waals surface area contributed by atoms with E-state index in [1.165, 1.54) is 35.2 Å². The van der Waals surface area contributed by atoms with Gasteiger partial charge in [-0.05, 0) is 36.4 Å². The average Bonchev–Trinajstić information content (AvgIpc) is 2.69. The van der Waals surface area contributed by atoms with Crippen LogP contribution in [-0.4, -0.2) is 43.1 Å².